The standard InChI is InChI=1S/C23H29F2N5S2/c1-13-19(31-14(2)26-13)15-9-10-16(18(25)17(15)24)20-27-28-21(32-20)29(7)30-22(3,4)11-8-12-23(30,5)6/h9-10H,8,11-12H2,1-7H3. The zero-order valence-electron chi connectivity index (χ0n) is 19.6. The molecule has 0 unspecified atom stereocenters. The molecule has 3 heterocycles. The van der Waals surface area contributed by atoms with Gasteiger partial charge in [0.2, 0.25) is 5.13 Å². The van der Waals surface area contributed by atoms with E-state index in [-0.39, 0.29) is 22.2 Å². The molecule has 2 aromatic heterocycles. The Morgan fingerprint density at radius 3 is 2.12 bits per heavy atom. The number of thiazole rings is 1. The number of hydrogen-bond acceptors (Lipinski definition) is 7. The maximum atomic E-state index is 15.1. The largest absolute Gasteiger partial charge is 0.282 e. The number of benzene rings is 1. The molecule has 0 radical (unpaired) electrons. The molecule has 32 heavy (non-hydrogen) atoms. The molecular weight excluding hydrogens is 448 g/mol. The summed E-state index contributed by atoms with van der Waals surface area (Å²) in [6, 6.07) is 3.19. The van der Waals surface area contributed by atoms with Crippen LogP contribution in [0.5, 0.6) is 0 Å². The number of piperidine rings is 1. The molecule has 0 spiro atoms. The zero-order valence-corrected chi connectivity index (χ0v) is 21.2. The molecule has 0 atom stereocenters. The second kappa shape index (κ2) is 8.11. The molecule has 0 amide bonds. The van der Waals surface area contributed by atoms with Crippen molar-refractivity contribution in [1.82, 2.24) is 20.2 Å². The Bertz CT molecular complexity index is 1140. The van der Waals surface area contributed by atoms with E-state index in [0.29, 0.717) is 20.7 Å². The fraction of sp³-hybridized carbons (Fsp3) is 0.522. The third kappa shape index (κ3) is 3.95. The van der Waals surface area contributed by atoms with E-state index in [1.165, 1.54) is 29.1 Å². The van der Waals surface area contributed by atoms with Gasteiger partial charge in [-0.15, -0.1) is 21.5 Å². The average Bonchev–Trinajstić information content (AvgIpc) is 3.29. The maximum Gasteiger partial charge on any atom is 0.222 e. The van der Waals surface area contributed by atoms with Gasteiger partial charge in [-0.25, -0.2) is 18.8 Å². The zero-order chi connectivity index (χ0) is 23.4. The van der Waals surface area contributed by atoms with Crippen molar-refractivity contribution >= 4 is 27.8 Å². The third-order valence-electron chi connectivity index (χ3n) is 6.18. The van der Waals surface area contributed by atoms with E-state index in [0.717, 1.165) is 17.8 Å². The van der Waals surface area contributed by atoms with Crippen LogP contribution in [-0.2, 0) is 0 Å². The highest BCUT2D eigenvalue weighted by Crippen LogP contribution is 2.42. The number of anilines is 1. The molecule has 1 aliphatic heterocycles. The lowest BCUT2D eigenvalue weighted by Crippen LogP contribution is -2.64. The summed E-state index contributed by atoms with van der Waals surface area (Å²) in [5.74, 6) is -1.78. The minimum Gasteiger partial charge on any atom is -0.282 e. The van der Waals surface area contributed by atoms with Gasteiger partial charge in [-0.3, -0.25) is 5.01 Å². The van der Waals surface area contributed by atoms with Gasteiger partial charge in [0.05, 0.1) is 21.1 Å². The van der Waals surface area contributed by atoms with Crippen LogP contribution in [0.15, 0.2) is 12.1 Å². The smallest absolute Gasteiger partial charge is 0.222 e. The van der Waals surface area contributed by atoms with Gasteiger partial charge in [-0.1, -0.05) is 11.3 Å². The molecule has 0 aliphatic carbocycles. The predicted octanol–water partition coefficient (Wildman–Crippen LogP) is 6.62. The van der Waals surface area contributed by atoms with Gasteiger partial charge in [0.1, 0.15) is 0 Å². The van der Waals surface area contributed by atoms with Crippen molar-refractivity contribution in [3.63, 3.8) is 0 Å². The molecule has 4 rings (SSSR count). The number of hydrazine groups is 1. The van der Waals surface area contributed by atoms with Crippen molar-refractivity contribution in [2.24, 2.45) is 0 Å². The van der Waals surface area contributed by atoms with Crippen LogP contribution >= 0.6 is 22.7 Å². The SMILES string of the molecule is Cc1nc(C)c(-c2ccc(-c3nnc(N(C)N4C(C)(C)CCCC4(C)C)s3)c(F)c2F)s1. The van der Waals surface area contributed by atoms with Gasteiger partial charge in [0, 0.05) is 23.7 Å². The molecule has 172 valence electrons. The summed E-state index contributed by atoms with van der Waals surface area (Å²) in [6.45, 7) is 12.6. The van der Waals surface area contributed by atoms with Crippen molar-refractivity contribution < 1.29 is 8.78 Å². The number of halogens is 2. The van der Waals surface area contributed by atoms with Crippen molar-refractivity contribution in [2.45, 2.75) is 71.9 Å². The highest BCUT2D eigenvalue weighted by molar-refractivity contribution is 7.18. The number of rotatable bonds is 4. The van der Waals surface area contributed by atoms with E-state index in [1.54, 1.807) is 19.1 Å². The van der Waals surface area contributed by atoms with E-state index in [2.05, 4.69) is 47.9 Å². The van der Waals surface area contributed by atoms with Gasteiger partial charge in [-0.05, 0) is 72.9 Å². The first-order valence-corrected chi connectivity index (χ1v) is 12.4. The quantitative estimate of drug-likeness (QED) is 0.423. The van der Waals surface area contributed by atoms with Crippen LogP contribution in [0, 0.1) is 25.5 Å². The first-order chi connectivity index (χ1) is 14.9. The van der Waals surface area contributed by atoms with Crippen molar-refractivity contribution in [3.05, 3.63) is 34.5 Å². The molecule has 1 aromatic carbocycles. The lowest BCUT2D eigenvalue weighted by atomic mass is 9.81. The lowest BCUT2D eigenvalue weighted by Gasteiger charge is -2.55. The first-order valence-electron chi connectivity index (χ1n) is 10.7. The first kappa shape index (κ1) is 23.2. The van der Waals surface area contributed by atoms with Crippen LogP contribution in [0.1, 0.15) is 57.7 Å². The number of aryl methyl sites for hydroxylation is 2. The minimum atomic E-state index is -0.906. The molecule has 0 saturated carbocycles. The number of hydrogen-bond donors (Lipinski definition) is 0. The summed E-state index contributed by atoms with van der Waals surface area (Å²) in [5, 5.41) is 14.7. The molecule has 0 bridgehead atoms. The molecule has 1 aliphatic rings. The summed E-state index contributed by atoms with van der Waals surface area (Å²) < 4.78 is 30.1. The van der Waals surface area contributed by atoms with Crippen LogP contribution in [0.25, 0.3) is 21.0 Å². The van der Waals surface area contributed by atoms with E-state index in [1.807, 2.05) is 19.0 Å². The Morgan fingerprint density at radius 2 is 1.53 bits per heavy atom. The molecule has 1 fully saturated rings. The van der Waals surface area contributed by atoms with E-state index in [4.69, 9.17) is 0 Å². The molecule has 9 heteroatoms. The number of aromatic nitrogens is 3. The molecule has 5 nitrogen and oxygen atoms in total. The summed E-state index contributed by atoms with van der Waals surface area (Å²) >= 11 is 2.63. The highest BCUT2D eigenvalue weighted by atomic mass is 32.1. The van der Waals surface area contributed by atoms with Gasteiger partial charge in [-0.2, -0.15) is 0 Å². The topological polar surface area (TPSA) is 45.2 Å². The lowest BCUT2D eigenvalue weighted by molar-refractivity contribution is -0.0326. The summed E-state index contributed by atoms with van der Waals surface area (Å²) in [5.41, 5.74) is 0.954. The Balaban J connectivity index is 1.68. The van der Waals surface area contributed by atoms with Gasteiger partial charge >= 0.3 is 0 Å². The molecular formula is C23H29F2N5S2. The summed E-state index contributed by atoms with van der Waals surface area (Å²) in [6.07, 6.45) is 3.32. The maximum absolute atomic E-state index is 15.1. The predicted molar refractivity (Wildman–Crippen MR) is 128 cm³/mol. The normalized spacial score (nSPS) is 18.2. The second-order valence-electron chi connectivity index (χ2n) is 9.64. The molecule has 3 aromatic rings. The van der Waals surface area contributed by atoms with Crippen molar-refractivity contribution in [1.29, 1.82) is 0 Å². The minimum absolute atomic E-state index is 0.0495. The average molecular weight is 478 g/mol. The van der Waals surface area contributed by atoms with Crippen LogP contribution in [0.2, 0.25) is 0 Å². The van der Waals surface area contributed by atoms with Crippen LogP contribution in [0.3, 0.4) is 0 Å². The Labute approximate surface area is 196 Å². The van der Waals surface area contributed by atoms with E-state index >= 15 is 8.78 Å². The molecule has 1 saturated heterocycles. The number of nitrogens with zero attached hydrogens (tertiary/aromatic N) is 5. The Hall–Kier alpha value is -1.97. The summed E-state index contributed by atoms with van der Waals surface area (Å²) in [7, 11) is 1.97. The molecule has 0 N–H and O–H groups in total. The van der Waals surface area contributed by atoms with Crippen LogP contribution in [-0.4, -0.2) is 38.3 Å². The van der Waals surface area contributed by atoms with E-state index < -0.39 is 11.6 Å². The second-order valence-corrected chi connectivity index (χ2v) is 11.8. The van der Waals surface area contributed by atoms with Gasteiger partial charge < -0.3 is 0 Å². The van der Waals surface area contributed by atoms with Crippen molar-refractivity contribution in [2.75, 3.05) is 12.1 Å². The van der Waals surface area contributed by atoms with Crippen LogP contribution in [0.4, 0.5) is 13.9 Å². The monoisotopic (exact) mass is 477 g/mol. The summed E-state index contributed by atoms with van der Waals surface area (Å²) in [4.78, 5) is 4.98. The third-order valence-corrected chi connectivity index (χ3v) is 8.31. The highest BCUT2D eigenvalue weighted by Gasteiger charge is 2.44. The Morgan fingerprint density at radius 1 is 0.938 bits per heavy atom. The van der Waals surface area contributed by atoms with E-state index in [9.17, 15) is 0 Å². The van der Waals surface area contributed by atoms with Crippen LogP contribution < -0.4 is 5.01 Å². The Kier molecular flexibility index (Phi) is 5.88. The fourth-order valence-electron chi connectivity index (χ4n) is 5.01. The fourth-order valence-corrected chi connectivity index (χ4v) is 6.77. The van der Waals surface area contributed by atoms with Gasteiger partial charge in [0.15, 0.2) is 16.6 Å². The van der Waals surface area contributed by atoms with Gasteiger partial charge in [0.25, 0.3) is 0 Å². The van der Waals surface area contributed by atoms with Crippen molar-refractivity contribution in [3.8, 4) is 21.0 Å².